The first-order valence-electron chi connectivity index (χ1n) is 11.5. The standard InChI is InChI=1S/C26H33N2OS.CHF3O3S/c1-26(2,3)29-22-12-18-25(19-13-22)30(23-14-8-20(9-15-23)27(4)5)24-16-10-21(11-17-24)28(6)7;2-1(3,4)8(5,6)7/h8-19H,1-7H3;(H,5,6,7)/q+1;/p-1. The molecule has 6 nitrogen and oxygen atoms in total. The van der Waals surface area contributed by atoms with Gasteiger partial charge in [-0.05, 0) is 93.6 Å². The van der Waals surface area contributed by atoms with E-state index in [0.717, 1.165) is 5.75 Å². The molecule has 0 aromatic heterocycles. The summed E-state index contributed by atoms with van der Waals surface area (Å²) in [5, 5.41) is 0. The maximum absolute atomic E-state index is 10.7. The second-order valence-electron chi connectivity index (χ2n) is 9.67. The van der Waals surface area contributed by atoms with Crippen molar-refractivity contribution in [2.75, 3.05) is 38.0 Å². The van der Waals surface area contributed by atoms with Crippen molar-refractivity contribution in [3.8, 4) is 5.75 Å². The summed E-state index contributed by atoms with van der Waals surface area (Å²) in [5.41, 5.74) is -3.43. The van der Waals surface area contributed by atoms with Gasteiger partial charge in [0.1, 0.15) is 11.4 Å². The van der Waals surface area contributed by atoms with Crippen molar-refractivity contribution >= 4 is 32.4 Å². The average Bonchev–Trinajstić information content (AvgIpc) is 2.79. The van der Waals surface area contributed by atoms with Gasteiger partial charge < -0.3 is 19.1 Å². The molecular weight excluding hydrogens is 537 g/mol. The molecule has 3 rings (SSSR count). The van der Waals surface area contributed by atoms with Gasteiger partial charge in [0.15, 0.2) is 24.8 Å². The fourth-order valence-corrected chi connectivity index (χ4v) is 5.21. The van der Waals surface area contributed by atoms with Crippen molar-refractivity contribution in [3.63, 3.8) is 0 Å². The number of alkyl halides is 3. The van der Waals surface area contributed by atoms with Gasteiger partial charge in [0, 0.05) is 39.6 Å². The van der Waals surface area contributed by atoms with Gasteiger partial charge in [-0.2, -0.15) is 13.2 Å². The van der Waals surface area contributed by atoms with E-state index in [1.165, 1.54) is 26.1 Å². The molecular formula is C27H33F3N2O4S2. The molecule has 0 heterocycles. The summed E-state index contributed by atoms with van der Waals surface area (Å²) in [4.78, 5) is 8.16. The molecule has 0 aliphatic heterocycles. The molecule has 3 aromatic rings. The highest BCUT2D eigenvalue weighted by Crippen LogP contribution is 2.34. The molecule has 0 spiro atoms. The molecule has 38 heavy (non-hydrogen) atoms. The van der Waals surface area contributed by atoms with Crippen LogP contribution in [0.15, 0.2) is 87.5 Å². The van der Waals surface area contributed by atoms with Gasteiger partial charge in [-0.1, -0.05) is 0 Å². The molecule has 0 saturated heterocycles. The van der Waals surface area contributed by atoms with E-state index >= 15 is 0 Å². The Morgan fingerprint density at radius 1 is 0.684 bits per heavy atom. The smallest absolute Gasteiger partial charge is 0.485 e. The molecule has 0 saturated carbocycles. The zero-order chi connectivity index (χ0) is 28.9. The van der Waals surface area contributed by atoms with Crippen molar-refractivity contribution in [3.05, 3.63) is 72.8 Å². The van der Waals surface area contributed by atoms with Crippen LogP contribution in [0.1, 0.15) is 20.8 Å². The molecule has 0 N–H and O–H groups in total. The number of nitrogens with zero attached hydrogens (tertiary/aromatic N) is 2. The van der Waals surface area contributed by atoms with E-state index in [-0.39, 0.29) is 16.5 Å². The highest BCUT2D eigenvalue weighted by atomic mass is 32.2. The van der Waals surface area contributed by atoms with Gasteiger partial charge in [-0.3, -0.25) is 0 Å². The molecule has 0 aliphatic rings. The number of rotatable bonds is 6. The lowest BCUT2D eigenvalue weighted by atomic mass is 10.2. The van der Waals surface area contributed by atoms with Crippen LogP contribution in [0.4, 0.5) is 24.5 Å². The highest BCUT2D eigenvalue weighted by molar-refractivity contribution is 7.97. The number of ether oxygens (including phenoxy) is 1. The minimum atomic E-state index is -6.09. The predicted molar refractivity (Wildman–Crippen MR) is 146 cm³/mol. The SMILES string of the molecule is CN(C)c1ccc([S+](c2ccc(OC(C)(C)C)cc2)c2ccc(N(C)C)cc2)cc1.O=S(=O)([O-])C(F)(F)F. The topological polar surface area (TPSA) is 72.9 Å². The maximum Gasteiger partial charge on any atom is 0.485 e. The Hall–Kier alpha value is -2.89. The Morgan fingerprint density at radius 3 is 1.21 bits per heavy atom. The zero-order valence-electron chi connectivity index (χ0n) is 22.4. The molecule has 0 radical (unpaired) electrons. The molecule has 208 valence electrons. The van der Waals surface area contributed by atoms with Gasteiger partial charge in [0.05, 0.1) is 10.9 Å². The Bertz CT molecular complexity index is 1220. The second kappa shape index (κ2) is 12.3. The predicted octanol–water partition coefficient (Wildman–Crippen LogP) is 6.14. The minimum absolute atomic E-state index is 0.182. The quantitative estimate of drug-likeness (QED) is 0.201. The first-order chi connectivity index (χ1) is 17.4. The number of hydrogen-bond donors (Lipinski definition) is 0. The van der Waals surface area contributed by atoms with Crippen LogP contribution in [0, 0.1) is 0 Å². The van der Waals surface area contributed by atoms with E-state index in [2.05, 4.69) is 132 Å². The van der Waals surface area contributed by atoms with Crippen molar-refractivity contribution in [1.82, 2.24) is 0 Å². The fraction of sp³-hybridized carbons (Fsp3) is 0.333. The minimum Gasteiger partial charge on any atom is -0.741 e. The zero-order valence-corrected chi connectivity index (χ0v) is 24.0. The summed E-state index contributed by atoms with van der Waals surface area (Å²) in [6.45, 7) is 6.22. The van der Waals surface area contributed by atoms with Crippen molar-refractivity contribution in [1.29, 1.82) is 0 Å². The Balaban J connectivity index is 0.000000550. The van der Waals surface area contributed by atoms with Gasteiger partial charge >= 0.3 is 5.51 Å². The van der Waals surface area contributed by atoms with Crippen LogP contribution < -0.4 is 14.5 Å². The van der Waals surface area contributed by atoms with E-state index in [0.29, 0.717) is 0 Å². The third-order valence-electron chi connectivity index (χ3n) is 4.94. The van der Waals surface area contributed by atoms with Crippen LogP contribution in [0.5, 0.6) is 5.75 Å². The van der Waals surface area contributed by atoms with Gasteiger partial charge in [0.2, 0.25) is 0 Å². The lowest BCUT2D eigenvalue weighted by molar-refractivity contribution is -0.0517. The fourth-order valence-electron chi connectivity index (χ4n) is 3.17. The van der Waals surface area contributed by atoms with E-state index in [1.807, 2.05) is 0 Å². The normalized spacial score (nSPS) is 12.0. The first kappa shape index (κ1) is 31.3. The van der Waals surface area contributed by atoms with Gasteiger partial charge in [-0.25, -0.2) is 8.42 Å². The van der Waals surface area contributed by atoms with Crippen molar-refractivity contribution < 1.29 is 30.9 Å². The van der Waals surface area contributed by atoms with E-state index < -0.39 is 15.6 Å². The maximum atomic E-state index is 10.7. The average molecular weight is 571 g/mol. The number of benzene rings is 3. The number of anilines is 2. The Labute approximate surface area is 226 Å². The number of halogens is 3. The van der Waals surface area contributed by atoms with Crippen LogP contribution in [-0.2, 0) is 21.0 Å². The number of hydrogen-bond acceptors (Lipinski definition) is 6. The molecule has 0 fully saturated rings. The van der Waals surface area contributed by atoms with Crippen LogP contribution in [0.3, 0.4) is 0 Å². The third-order valence-corrected chi connectivity index (χ3v) is 7.74. The molecule has 3 aromatic carbocycles. The van der Waals surface area contributed by atoms with Gasteiger partial charge in [0.25, 0.3) is 0 Å². The molecule has 11 heteroatoms. The first-order valence-corrected chi connectivity index (χ1v) is 14.1. The van der Waals surface area contributed by atoms with E-state index in [1.54, 1.807) is 0 Å². The summed E-state index contributed by atoms with van der Waals surface area (Å²) in [5.74, 6) is 0.903. The molecule has 0 amide bonds. The molecule has 0 atom stereocenters. The Kier molecular flexibility index (Phi) is 10.2. The lowest BCUT2D eigenvalue weighted by Gasteiger charge is -2.21. The summed E-state index contributed by atoms with van der Waals surface area (Å²) in [6, 6.07) is 26.3. The Morgan fingerprint density at radius 2 is 0.974 bits per heavy atom. The van der Waals surface area contributed by atoms with E-state index in [9.17, 15) is 13.2 Å². The van der Waals surface area contributed by atoms with Crippen LogP contribution in [0.25, 0.3) is 0 Å². The monoisotopic (exact) mass is 570 g/mol. The van der Waals surface area contributed by atoms with Gasteiger partial charge in [-0.15, -0.1) is 0 Å². The highest BCUT2D eigenvalue weighted by Gasteiger charge is 2.37. The van der Waals surface area contributed by atoms with Crippen LogP contribution >= 0.6 is 0 Å². The second-order valence-corrected chi connectivity index (χ2v) is 13.1. The summed E-state index contributed by atoms with van der Waals surface area (Å²) < 4.78 is 64.9. The van der Waals surface area contributed by atoms with E-state index in [4.69, 9.17) is 17.7 Å². The molecule has 0 unspecified atom stereocenters. The molecule has 0 aliphatic carbocycles. The summed E-state index contributed by atoms with van der Waals surface area (Å²) >= 11 is 0. The summed E-state index contributed by atoms with van der Waals surface area (Å²) in [7, 11) is 2.02. The lowest BCUT2D eigenvalue weighted by Crippen LogP contribution is -2.22. The third kappa shape index (κ3) is 9.14. The molecule has 0 bridgehead atoms. The van der Waals surface area contributed by atoms with Crippen LogP contribution in [-0.4, -0.2) is 52.3 Å². The largest absolute Gasteiger partial charge is 0.741 e. The summed E-state index contributed by atoms with van der Waals surface area (Å²) in [6.07, 6.45) is 0. The van der Waals surface area contributed by atoms with Crippen molar-refractivity contribution in [2.45, 2.75) is 46.6 Å². The van der Waals surface area contributed by atoms with Crippen LogP contribution in [0.2, 0.25) is 0 Å². The van der Waals surface area contributed by atoms with Crippen molar-refractivity contribution in [2.24, 2.45) is 0 Å².